The Morgan fingerprint density at radius 2 is 1.54 bits per heavy atom. The number of nitrogens with zero attached hydrogens (tertiary/aromatic N) is 6. The van der Waals surface area contributed by atoms with Gasteiger partial charge in [-0.05, 0) is 48.4 Å². The lowest BCUT2D eigenvalue weighted by atomic mass is 10.2. The molecule has 0 N–H and O–H groups in total. The molecule has 0 saturated carbocycles. The van der Waals surface area contributed by atoms with Gasteiger partial charge >= 0.3 is 6.03 Å². The van der Waals surface area contributed by atoms with Crippen LogP contribution in [0.2, 0.25) is 5.02 Å². The molecule has 3 aliphatic heterocycles. The molecule has 0 aliphatic carbocycles. The monoisotopic (exact) mass is 540 g/mol. The van der Waals surface area contributed by atoms with Crippen molar-refractivity contribution in [3.63, 3.8) is 0 Å². The number of sulfonamides is 1. The molecule has 3 amide bonds. The predicted molar refractivity (Wildman–Crippen MR) is 141 cm³/mol. The third-order valence-electron chi connectivity index (χ3n) is 6.37. The van der Waals surface area contributed by atoms with Crippen LogP contribution in [0.3, 0.4) is 0 Å². The summed E-state index contributed by atoms with van der Waals surface area (Å²) in [4.78, 5) is 40.5. The third-order valence-corrected chi connectivity index (χ3v) is 8.53. The average Bonchev–Trinajstić information content (AvgIpc) is 3.32. The zero-order chi connectivity index (χ0) is 26.2. The number of carbonyl (C=O) groups excluding carboxylic acids is 2. The fourth-order valence-corrected chi connectivity index (χ4v) is 5.92. The summed E-state index contributed by atoms with van der Waals surface area (Å²) in [6, 6.07) is 13.2. The van der Waals surface area contributed by atoms with Crippen LogP contribution in [0, 0.1) is 0 Å². The summed E-state index contributed by atoms with van der Waals surface area (Å²) in [5.41, 5.74) is 1.68. The van der Waals surface area contributed by atoms with Crippen LogP contribution in [0.25, 0.3) is 0 Å². The molecule has 0 spiro atoms. The van der Waals surface area contributed by atoms with E-state index in [1.165, 1.54) is 16.4 Å². The lowest BCUT2D eigenvalue weighted by Gasteiger charge is -2.34. The molecule has 2 aromatic rings. The second-order valence-electron chi connectivity index (χ2n) is 8.90. The molecule has 12 heteroatoms. The van der Waals surface area contributed by atoms with Crippen molar-refractivity contribution in [3.8, 4) is 0 Å². The summed E-state index contributed by atoms with van der Waals surface area (Å²) in [6.07, 6.45) is 0.608. The molecule has 10 nitrogen and oxygen atoms in total. The number of piperazine rings is 1. The normalized spacial score (nSPS) is 19.0. The van der Waals surface area contributed by atoms with Crippen LogP contribution in [0.1, 0.15) is 24.5 Å². The van der Waals surface area contributed by atoms with E-state index in [0.717, 1.165) is 17.0 Å². The van der Waals surface area contributed by atoms with Gasteiger partial charge < -0.3 is 0 Å². The van der Waals surface area contributed by atoms with Crippen LogP contribution in [0.15, 0.2) is 68.4 Å². The number of rotatable bonds is 7. The van der Waals surface area contributed by atoms with Crippen molar-refractivity contribution in [3.05, 3.63) is 64.7 Å². The van der Waals surface area contributed by atoms with Gasteiger partial charge in [0.05, 0.1) is 4.90 Å². The topological polar surface area (TPSA) is 115 Å². The molecule has 0 radical (unpaired) electrons. The number of halogens is 1. The summed E-state index contributed by atoms with van der Waals surface area (Å²) in [6.45, 7) is 4.88. The van der Waals surface area contributed by atoms with E-state index in [2.05, 4.69) is 19.9 Å². The highest BCUT2D eigenvalue weighted by Gasteiger charge is 2.37. The molecule has 0 atom stereocenters. The number of hydrogen-bond donors (Lipinski definition) is 0. The first-order valence-electron chi connectivity index (χ1n) is 12.0. The van der Waals surface area contributed by atoms with Gasteiger partial charge in [0.15, 0.2) is 17.4 Å². The Morgan fingerprint density at radius 1 is 0.865 bits per heavy atom. The Balaban J connectivity index is 1.25. The Hall–Kier alpha value is -3.25. The van der Waals surface area contributed by atoms with Crippen LogP contribution in [0.4, 0.5) is 4.79 Å². The largest absolute Gasteiger partial charge is 0.352 e. The van der Waals surface area contributed by atoms with Gasteiger partial charge in [0.1, 0.15) is 0 Å². The lowest BCUT2D eigenvalue weighted by molar-refractivity contribution is -0.121. The number of amides is 3. The van der Waals surface area contributed by atoms with Crippen molar-refractivity contribution in [2.45, 2.75) is 24.8 Å². The minimum atomic E-state index is -3.67. The minimum absolute atomic E-state index is 0.00878. The third kappa shape index (κ3) is 5.12. The minimum Gasteiger partial charge on any atom is -0.296 e. The first-order valence-corrected chi connectivity index (χ1v) is 13.8. The summed E-state index contributed by atoms with van der Waals surface area (Å²) in [7, 11) is -3.67. The molecule has 0 unspecified atom stereocenters. The molecule has 0 aromatic heterocycles. The summed E-state index contributed by atoms with van der Waals surface area (Å²) in [5.74, 6) is -0.316. The Labute approximate surface area is 220 Å². The van der Waals surface area contributed by atoms with E-state index >= 15 is 0 Å². The zero-order valence-corrected chi connectivity index (χ0v) is 21.7. The summed E-state index contributed by atoms with van der Waals surface area (Å²) in [5, 5.41) is 0.687. The van der Waals surface area contributed by atoms with Gasteiger partial charge in [-0.1, -0.05) is 30.7 Å². The predicted octanol–water partition coefficient (Wildman–Crippen LogP) is 2.82. The van der Waals surface area contributed by atoms with Crippen molar-refractivity contribution < 1.29 is 18.0 Å². The standard InChI is InChI=1S/C25H25ClN6O4S/c1-2-11-32-24(33)21-23(29-25(32)34)28-22(27-21)18-5-9-20(10-6-18)37(35,36)31-14-12-30(13-15-31)16-17-3-7-19(26)8-4-17/h3-10H,2,11-16H2,1H3. The number of hydrogen-bond acceptors (Lipinski definition) is 7. The molecule has 37 heavy (non-hydrogen) atoms. The van der Waals surface area contributed by atoms with E-state index in [9.17, 15) is 18.0 Å². The molecule has 3 heterocycles. The molecule has 0 bridgehead atoms. The van der Waals surface area contributed by atoms with Crippen molar-refractivity contribution in [2.75, 3.05) is 32.7 Å². The van der Waals surface area contributed by atoms with Crippen LogP contribution in [0.5, 0.6) is 0 Å². The number of aliphatic imine (C=N–C) groups is 3. The van der Waals surface area contributed by atoms with Crippen LogP contribution >= 0.6 is 11.6 Å². The van der Waals surface area contributed by atoms with E-state index in [4.69, 9.17) is 11.6 Å². The average molecular weight is 541 g/mol. The lowest BCUT2D eigenvalue weighted by Crippen LogP contribution is -2.48. The van der Waals surface area contributed by atoms with Crippen LogP contribution < -0.4 is 0 Å². The number of amidine groups is 2. The number of imide groups is 1. The fraction of sp³-hybridized carbons (Fsp3) is 0.320. The first-order chi connectivity index (χ1) is 17.8. The molecule has 2 aromatic carbocycles. The molecule has 3 aliphatic rings. The molecular formula is C25H25ClN6O4S. The highest BCUT2D eigenvalue weighted by atomic mass is 35.5. The molecule has 1 saturated heterocycles. The number of fused-ring (bicyclic) bond motifs is 1. The van der Waals surface area contributed by atoms with Gasteiger partial charge in [0.25, 0.3) is 5.91 Å². The van der Waals surface area contributed by atoms with E-state index < -0.39 is 22.0 Å². The maximum Gasteiger partial charge on any atom is 0.352 e. The second kappa shape index (κ2) is 10.3. The molecular weight excluding hydrogens is 516 g/mol. The van der Waals surface area contributed by atoms with Crippen LogP contribution in [-0.2, 0) is 21.4 Å². The maximum atomic E-state index is 13.2. The Kier molecular flexibility index (Phi) is 7.04. The van der Waals surface area contributed by atoms with E-state index in [-0.39, 0.29) is 28.8 Å². The van der Waals surface area contributed by atoms with Crippen molar-refractivity contribution >= 4 is 50.9 Å². The van der Waals surface area contributed by atoms with Gasteiger partial charge in [-0.15, -0.1) is 0 Å². The van der Waals surface area contributed by atoms with Gasteiger partial charge in [0.2, 0.25) is 10.0 Å². The van der Waals surface area contributed by atoms with Crippen molar-refractivity contribution in [1.29, 1.82) is 0 Å². The van der Waals surface area contributed by atoms with Gasteiger partial charge in [-0.25, -0.2) is 23.2 Å². The Morgan fingerprint density at radius 3 is 2.19 bits per heavy atom. The molecule has 5 rings (SSSR count). The van der Waals surface area contributed by atoms with Gasteiger partial charge in [0, 0.05) is 49.9 Å². The SMILES string of the molecule is CCCN1C(=O)N=C2N=C(c3ccc(S(=O)(=O)N4CCN(Cc5ccc(Cl)cc5)CC4)cc3)N=C2C1=O. The van der Waals surface area contributed by atoms with Crippen molar-refractivity contribution in [1.82, 2.24) is 14.1 Å². The highest BCUT2D eigenvalue weighted by Crippen LogP contribution is 2.22. The summed E-state index contributed by atoms with van der Waals surface area (Å²) < 4.78 is 28.0. The number of carbonyl (C=O) groups is 2. The zero-order valence-electron chi connectivity index (χ0n) is 20.2. The summed E-state index contributed by atoms with van der Waals surface area (Å²) >= 11 is 5.95. The molecule has 1 fully saturated rings. The quantitative estimate of drug-likeness (QED) is 0.535. The molecule has 192 valence electrons. The highest BCUT2D eigenvalue weighted by molar-refractivity contribution is 7.89. The number of urea groups is 1. The Bertz CT molecular complexity index is 1430. The number of benzene rings is 2. The second-order valence-corrected chi connectivity index (χ2v) is 11.3. The van der Waals surface area contributed by atoms with E-state index in [1.807, 2.05) is 31.2 Å². The van der Waals surface area contributed by atoms with E-state index in [1.54, 1.807) is 12.1 Å². The first kappa shape index (κ1) is 25.4. The van der Waals surface area contributed by atoms with Crippen molar-refractivity contribution in [2.24, 2.45) is 15.0 Å². The maximum absolute atomic E-state index is 13.2. The van der Waals surface area contributed by atoms with Crippen LogP contribution in [-0.4, -0.2) is 84.6 Å². The van der Waals surface area contributed by atoms with E-state index in [0.29, 0.717) is 43.2 Å². The van der Waals surface area contributed by atoms with Gasteiger partial charge in [-0.3, -0.25) is 14.6 Å². The van der Waals surface area contributed by atoms with Gasteiger partial charge in [-0.2, -0.15) is 9.30 Å². The fourth-order valence-electron chi connectivity index (χ4n) is 4.37. The smallest absolute Gasteiger partial charge is 0.296 e.